The molecule has 1 aliphatic carbocycles. The van der Waals surface area contributed by atoms with Crippen molar-refractivity contribution in [1.82, 2.24) is 0 Å². The quantitative estimate of drug-likeness (QED) is 0.644. The molecule has 0 N–H and O–H groups in total. The van der Waals surface area contributed by atoms with Crippen molar-refractivity contribution in [1.29, 1.82) is 0 Å². The summed E-state index contributed by atoms with van der Waals surface area (Å²) in [5.41, 5.74) is 5.64. The highest BCUT2D eigenvalue weighted by Crippen LogP contribution is 2.29. The third-order valence-corrected chi connectivity index (χ3v) is 4.34. The smallest absolute Gasteiger partial charge is 0.119 e. The van der Waals surface area contributed by atoms with E-state index in [9.17, 15) is 0 Å². The van der Waals surface area contributed by atoms with Gasteiger partial charge in [-0.1, -0.05) is 42.5 Å². The second kappa shape index (κ2) is 7.31. The number of ether oxygens (including phenoxy) is 1. The number of rotatable bonds is 6. The van der Waals surface area contributed by atoms with E-state index in [1.54, 1.807) is 0 Å². The van der Waals surface area contributed by atoms with Gasteiger partial charge in [0.15, 0.2) is 0 Å². The molecule has 0 unspecified atom stereocenters. The minimum absolute atomic E-state index is 0.806. The average molecular weight is 292 g/mol. The van der Waals surface area contributed by atoms with Crippen LogP contribution >= 0.6 is 0 Å². The van der Waals surface area contributed by atoms with Gasteiger partial charge in [0, 0.05) is 0 Å². The van der Waals surface area contributed by atoms with Crippen molar-refractivity contribution in [3.05, 3.63) is 71.3 Å². The molecule has 0 bridgehead atoms. The number of unbranched alkanes of at least 4 members (excludes halogenated alkanes) is 1. The second-order valence-corrected chi connectivity index (χ2v) is 6.04. The van der Waals surface area contributed by atoms with Gasteiger partial charge in [-0.05, 0) is 73.4 Å². The summed E-state index contributed by atoms with van der Waals surface area (Å²) < 4.78 is 5.93. The van der Waals surface area contributed by atoms with Crippen LogP contribution in [0.4, 0.5) is 0 Å². The maximum Gasteiger partial charge on any atom is 0.119 e. The first kappa shape index (κ1) is 14.9. The van der Waals surface area contributed by atoms with E-state index in [2.05, 4.69) is 61.5 Å². The van der Waals surface area contributed by atoms with Crippen LogP contribution in [0.2, 0.25) is 0 Å². The zero-order valence-electron chi connectivity index (χ0n) is 13.3. The Morgan fingerprint density at radius 1 is 1.00 bits per heavy atom. The molecule has 0 heterocycles. The van der Waals surface area contributed by atoms with Gasteiger partial charge in [-0.2, -0.15) is 0 Å². The SMILES string of the molecule is CC1=CCCc2cc(OCCCCc3ccccc3)ccc21. The summed E-state index contributed by atoms with van der Waals surface area (Å²) in [6, 6.07) is 17.2. The normalized spacial score (nSPS) is 13.4. The number of benzene rings is 2. The summed E-state index contributed by atoms with van der Waals surface area (Å²) in [6.07, 6.45) is 8.03. The van der Waals surface area contributed by atoms with Crippen molar-refractivity contribution in [3.8, 4) is 5.75 Å². The molecule has 0 spiro atoms. The molecule has 0 aromatic heterocycles. The lowest BCUT2D eigenvalue weighted by Crippen LogP contribution is -2.02. The van der Waals surface area contributed by atoms with Crippen molar-refractivity contribution in [2.75, 3.05) is 6.61 Å². The van der Waals surface area contributed by atoms with Gasteiger partial charge < -0.3 is 4.74 Å². The van der Waals surface area contributed by atoms with E-state index in [-0.39, 0.29) is 0 Å². The molecule has 0 saturated heterocycles. The molecular formula is C21H24O. The Morgan fingerprint density at radius 3 is 2.73 bits per heavy atom. The minimum Gasteiger partial charge on any atom is -0.494 e. The average Bonchev–Trinajstić information content (AvgIpc) is 2.56. The van der Waals surface area contributed by atoms with Crippen molar-refractivity contribution < 1.29 is 4.74 Å². The predicted molar refractivity (Wildman–Crippen MR) is 93.3 cm³/mol. The van der Waals surface area contributed by atoms with Crippen LogP contribution in [0, 0.1) is 0 Å². The predicted octanol–water partition coefficient (Wildman–Crippen LogP) is 5.44. The van der Waals surface area contributed by atoms with E-state index in [0.29, 0.717) is 0 Å². The Kier molecular flexibility index (Phi) is 4.95. The Morgan fingerprint density at radius 2 is 1.86 bits per heavy atom. The Labute approximate surface area is 133 Å². The van der Waals surface area contributed by atoms with E-state index in [0.717, 1.165) is 38.0 Å². The van der Waals surface area contributed by atoms with Gasteiger partial charge in [0.05, 0.1) is 6.61 Å². The molecule has 1 heteroatoms. The van der Waals surface area contributed by atoms with Crippen molar-refractivity contribution >= 4 is 5.57 Å². The van der Waals surface area contributed by atoms with Crippen molar-refractivity contribution in [3.63, 3.8) is 0 Å². The maximum absolute atomic E-state index is 5.93. The third kappa shape index (κ3) is 3.79. The van der Waals surface area contributed by atoms with E-state index in [1.807, 2.05) is 0 Å². The second-order valence-electron chi connectivity index (χ2n) is 6.04. The van der Waals surface area contributed by atoms with Crippen LogP contribution in [0.1, 0.15) is 42.9 Å². The van der Waals surface area contributed by atoms with Gasteiger partial charge >= 0.3 is 0 Å². The molecular weight excluding hydrogens is 268 g/mol. The molecule has 0 amide bonds. The van der Waals surface area contributed by atoms with Crippen LogP contribution in [0.3, 0.4) is 0 Å². The first-order chi connectivity index (χ1) is 10.8. The first-order valence-electron chi connectivity index (χ1n) is 8.30. The highest BCUT2D eigenvalue weighted by molar-refractivity contribution is 5.69. The molecule has 1 nitrogen and oxygen atoms in total. The largest absolute Gasteiger partial charge is 0.494 e. The molecule has 1 aliphatic rings. The van der Waals surface area contributed by atoms with Gasteiger partial charge in [-0.25, -0.2) is 0 Å². The molecule has 3 rings (SSSR count). The number of hydrogen-bond donors (Lipinski definition) is 0. The Bertz CT molecular complexity index is 640. The standard InChI is InChI=1S/C21H24O/c1-17-8-7-12-19-16-20(13-14-21(17)19)22-15-6-5-11-18-9-3-2-4-10-18/h2-4,8-10,13-14,16H,5-7,11-12,15H2,1H3. The van der Waals surface area contributed by atoms with Gasteiger partial charge in [0.25, 0.3) is 0 Å². The van der Waals surface area contributed by atoms with E-state index in [1.165, 1.54) is 28.7 Å². The number of aryl methyl sites for hydroxylation is 2. The van der Waals surface area contributed by atoms with Gasteiger partial charge in [-0.15, -0.1) is 0 Å². The van der Waals surface area contributed by atoms with Crippen LogP contribution in [-0.2, 0) is 12.8 Å². The molecule has 22 heavy (non-hydrogen) atoms. The lowest BCUT2D eigenvalue weighted by molar-refractivity contribution is 0.306. The Balaban J connectivity index is 1.45. The fraction of sp³-hybridized carbons (Fsp3) is 0.333. The molecule has 2 aromatic rings. The summed E-state index contributed by atoms with van der Waals surface area (Å²) in [4.78, 5) is 0. The highest BCUT2D eigenvalue weighted by atomic mass is 16.5. The Hall–Kier alpha value is -2.02. The topological polar surface area (TPSA) is 9.23 Å². The summed E-state index contributed by atoms with van der Waals surface area (Å²) >= 11 is 0. The summed E-state index contributed by atoms with van der Waals surface area (Å²) in [5, 5.41) is 0. The van der Waals surface area contributed by atoms with Crippen LogP contribution in [0.25, 0.3) is 5.57 Å². The monoisotopic (exact) mass is 292 g/mol. The van der Waals surface area contributed by atoms with E-state index < -0.39 is 0 Å². The van der Waals surface area contributed by atoms with Gasteiger partial charge in [0.2, 0.25) is 0 Å². The molecule has 0 saturated carbocycles. The number of allylic oxidation sites excluding steroid dienone is 2. The van der Waals surface area contributed by atoms with Crippen molar-refractivity contribution in [2.24, 2.45) is 0 Å². The van der Waals surface area contributed by atoms with E-state index >= 15 is 0 Å². The number of hydrogen-bond acceptors (Lipinski definition) is 1. The lowest BCUT2D eigenvalue weighted by Gasteiger charge is -2.16. The fourth-order valence-corrected chi connectivity index (χ4v) is 3.07. The van der Waals surface area contributed by atoms with E-state index in [4.69, 9.17) is 4.74 Å². The van der Waals surface area contributed by atoms with Crippen LogP contribution in [-0.4, -0.2) is 6.61 Å². The maximum atomic E-state index is 5.93. The zero-order valence-corrected chi connectivity index (χ0v) is 13.3. The first-order valence-corrected chi connectivity index (χ1v) is 8.30. The summed E-state index contributed by atoms with van der Waals surface area (Å²) in [7, 11) is 0. The molecule has 0 aliphatic heterocycles. The number of fused-ring (bicyclic) bond motifs is 1. The molecule has 0 radical (unpaired) electrons. The fourth-order valence-electron chi connectivity index (χ4n) is 3.07. The van der Waals surface area contributed by atoms with Crippen LogP contribution < -0.4 is 4.74 Å². The third-order valence-electron chi connectivity index (χ3n) is 4.34. The van der Waals surface area contributed by atoms with Crippen LogP contribution in [0.15, 0.2) is 54.6 Å². The summed E-state index contributed by atoms with van der Waals surface area (Å²) in [5.74, 6) is 1.02. The zero-order chi connectivity index (χ0) is 15.2. The van der Waals surface area contributed by atoms with Crippen LogP contribution in [0.5, 0.6) is 5.75 Å². The molecule has 2 aromatic carbocycles. The highest BCUT2D eigenvalue weighted by Gasteiger charge is 2.10. The summed E-state index contributed by atoms with van der Waals surface area (Å²) in [6.45, 7) is 3.00. The van der Waals surface area contributed by atoms with Crippen molar-refractivity contribution in [2.45, 2.75) is 39.0 Å². The van der Waals surface area contributed by atoms with Gasteiger partial charge in [-0.3, -0.25) is 0 Å². The lowest BCUT2D eigenvalue weighted by atomic mass is 9.92. The molecule has 0 fully saturated rings. The molecule has 0 atom stereocenters. The minimum atomic E-state index is 0.806. The molecule has 114 valence electrons. The van der Waals surface area contributed by atoms with Gasteiger partial charge in [0.1, 0.15) is 5.75 Å².